The van der Waals surface area contributed by atoms with Crippen molar-refractivity contribution >= 4 is 29.1 Å². The Bertz CT molecular complexity index is 1050. The van der Waals surface area contributed by atoms with Crippen LogP contribution < -0.4 is 10.2 Å². The molecule has 0 saturated carbocycles. The lowest BCUT2D eigenvalue weighted by Crippen LogP contribution is -2.36. The molecule has 1 unspecified atom stereocenters. The number of rotatable bonds is 4. The maximum absolute atomic E-state index is 13.0. The van der Waals surface area contributed by atoms with Crippen LogP contribution in [0.25, 0.3) is 0 Å². The number of amides is 1. The SMILES string of the molecule is COC(=O)c1ccc(Nc2cnc(C(=O)N3c4ccccc4CC3C)cn2)cc1. The third kappa shape index (κ3) is 3.67. The van der Waals surface area contributed by atoms with Gasteiger partial charge in [0, 0.05) is 17.4 Å². The van der Waals surface area contributed by atoms with Crippen molar-refractivity contribution in [3.8, 4) is 0 Å². The molecule has 1 amide bonds. The van der Waals surface area contributed by atoms with Gasteiger partial charge in [-0.2, -0.15) is 0 Å². The molecule has 3 aromatic rings. The van der Waals surface area contributed by atoms with Gasteiger partial charge in [0.15, 0.2) is 0 Å². The van der Waals surface area contributed by atoms with Crippen LogP contribution in [-0.4, -0.2) is 35.0 Å². The van der Waals surface area contributed by atoms with Crippen LogP contribution in [-0.2, 0) is 11.2 Å². The number of esters is 1. The summed E-state index contributed by atoms with van der Waals surface area (Å²) in [5, 5.41) is 3.10. The van der Waals surface area contributed by atoms with E-state index in [1.54, 1.807) is 29.2 Å². The minimum atomic E-state index is -0.392. The van der Waals surface area contributed by atoms with Crippen LogP contribution in [0.1, 0.15) is 33.3 Å². The van der Waals surface area contributed by atoms with Crippen molar-refractivity contribution in [1.29, 1.82) is 0 Å². The zero-order valence-corrected chi connectivity index (χ0v) is 16.1. The number of carbonyl (C=O) groups excluding carboxylic acids is 2. The molecule has 0 fully saturated rings. The highest BCUT2D eigenvalue weighted by Crippen LogP contribution is 2.32. The van der Waals surface area contributed by atoms with Crippen molar-refractivity contribution in [3.63, 3.8) is 0 Å². The molecule has 29 heavy (non-hydrogen) atoms. The summed E-state index contributed by atoms with van der Waals surface area (Å²) in [4.78, 5) is 34.9. The zero-order valence-electron chi connectivity index (χ0n) is 16.1. The fourth-order valence-corrected chi connectivity index (χ4v) is 3.46. The maximum Gasteiger partial charge on any atom is 0.337 e. The number of hydrogen-bond acceptors (Lipinski definition) is 6. The number of methoxy groups -OCH3 is 1. The van der Waals surface area contributed by atoms with Crippen LogP contribution in [0, 0.1) is 0 Å². The first-order valence-corrected chi connectivity index (χ1v) is 9.25. The van der Waals surface area contributed by atoms with Crippen LogP contribution in [0.2, 0.25) is 0 Å². The van der Waals surface area contributed by atoms with Gasteiger partial charge in [0.2, 0.25) is 0 Å². The number of anilines is 3. The standard InChI is InChI=1S/C22H20N4O3/c1-14-11-16-5-3-4-6-19(16)26(14)21(27)18-12-24-20(13-23-18)25-17-9-7-15(8-10-17)22(28)29-2/h3-10,12-14H,11H2,1-2H3,(H,24,25). The Labute approximate surface area is 168 Å². The minimum absolute atomic E-state index is 0.0767. The molecule has 1 N–H and O–H groups in total. The van der Waals surface area contributed by atoms with Crippen molar-refractivity contribution in [2.45, 2.75) is 19.4 Å². The first-order chi connectivity index (χ1) is 14.1. The Morgan fingerprint density at radius 3 is 2.52 bits per heavy atom. The third-order valence-corrected chi connectivity index (χ3v) is 4.88. The highest BCUT2D eigenvalue weighted by Gasteiger charge is 2.31. The third-order valence-electron chi connectivity index (χ3n) is 4.88. The number of para-hydroxylation sites is 1. The van der Waals surface area contributed by atoms with Gasteiger partial charge < -0.3 is 15.0 Å². The molecule has 1 aliphatic heterocycles. The van der Waals surface area contributed by atoms with Gasteiger partial charge in [0.05, 0.1) is 25.1 Å². The van der Waals surface area contributed by atoms with Crippen molar-refractivity contribution < 1.29 is 14.3 Å². The summed E-state index contributed by atoms with van der Waals surface area (Å²) in [6.45, 7) is 2.03. The smallest absolute Gasteiger partial charge is 0.337 e. The van der Waals surface area contributed by atoms with Crippen molar-refractivity contribution in [1.82, 2.24) is 9.97 Å². The lowest BCUT2D eigenvalue weighted by molar-refractivity contribution is 0.0600. The quantitative estimate of drug-likeness (QED) is 0.688. The Kier molecular flexibility index (Phi) is 4.95. The van der Waals surface area contributed by atoms with E-state index < -0.39 is 5.97 Å². The second-order valence-corrected chi connectivity index (χ2v) is 6.84. The summed E-state index contributed by atoms with van der Waals surface area (Å²) in [5.74, 6) is -0.0527. The topological polar surface area (TPSA) is 84.4 Å². The number of aromatic nitrogens is 2. The number of nitrogens with one attached hydrogen (secondary N) is 1. The second-order valence-electron chi connectivity index (χ2n) is 6.84. The summed E-state index contributed by atoms with van der Waals surface area (Å²) in [5.41, 5.74) is 3.59. The van der Waals surface area contributed by atoms with E-state index in [0.29, 0.717) is 17.1 Å². The normalized spacial score (nSPS) is 15.0. The number of benzene rings is 2. The predicted molar refractivity (Wildman–Crippen MR) is 110 cm³/mol. The Balaban J connectivity index is 1.48. The molecule has 1 aliphatic rings. The maximum atomic E-state index is 13.0. The van der Waals surface area contributed by atoms with E-state index in [1.165, 1.54) is 19.5 Å². The lowest BCUT2D eigenvalue weighted by atomic mass is 10.1. The largest absolute Gasteiger partial charge is 0.465 e. The Morgan fingerprint density at radius 2 is 1.83 bits per heavy atom. The average molecular weight is 388 g/mol. The molecule has 7 nitrogen and oxygen atoms in total. The van der Waals surface area contributed by atoms with Gasteiger partial charge in [-0.05, 0) is 49.2 Å². The van der Waals surface area contributed by atoms with Crippen molar-refractivity contribution in [3.05, 3.63) is 77.7 Å². The van der Waals surface area contributed by atoms with Crippen LogP contribution >= 0.6 is 0 Å². The van der Waals surface area contributed by atoms with E-state index in [1.807, 2.05) is 31.2 Å². The van der Waals surface area contributed by atoms with E-state index in [0.717, 1.165) is 23.4 Å². The molecule has 2 aromatic carbocycles. The molecule has 7 heteroatoms. The van der Waals surface area contributed by atoms with Crippen LogP contribution in [0.3, 0.4) is 0 Å². The molecule has 0 radical (unpaired) electrons. The lowest BCUT2D eigenvalue weighted by Gasteiger charge is -2.22. The van der Waals surface area contributed by atoms with E-state index in [2.05, 4.69) is 20.0 Å². The van der Waals surface area contributed by atoms with Gasteiger partial charge in [0.1, 0.15) is 11.5 Å². The number of nitrogens with zero attached hydrogens (tertiary/aromatic N) is 3. The minimum Gasteiger partial charge on any atom is -0.465 e. The van der Waals surface area contributed by atoms with Crippen LogP contribution in [0.4, 0.5) is 17.2 Å². The van der Waals surface area contributed by atoms with Gasteiger partial charge in [0.25, 0.3) is 5.91 Å². The van der Waals surface area contributed by atoms with E-state index in [-0.39, 0.29) is 11.9 Å². The second kappa shape index (κ2) is 7.71. The molecule has 1 aromatic heterocycles. The zero-order chi connectivity index (χ0) is 20.4. The molecule has 0 bridgehead atoms. The number of ether oxygens (including phenoxy) is 1. The molecule has 0 saturated heterocycles. The summed E-state index contributed by atoms with van der Waals surface area (Å²) in [6.07, 6.45) is 3.83. The van der Waals surface area contributed by atoms with Crippen molar-refractivity contribution in [2.24, 2.45) is 0 Å². The highest BCUT2D eigenvalue weighted by molar-refractivity contribution is 6.06. The molecule has 0 spiro atoms. The molecule has 1 atom stereocenters. The van der Waals surface area contributed by atoms with Gasteiger partial charge in [-0.25, -0.2) is 14.8 Å². The highest BCUT2D eigenvalue weighted by atomic mass is 16.5. The molecular formula is C22H20N4O3. The predicted octanol–water partition coefficient (Wildman–Crippen LogP) is 3.60. The summed E-state index contributed by atoms with van der Waals surface area (Å²) >= 11 is 0. The first kappa shape index (κ1) is 18.6. The Morgan fingerprint density at radius 1 is 1.07 bits per heavy atom. The molecule has 2 heterocycles. The number of hydrogen-bond donors (Lipinski definition) is 1. The average Bonchev–Trinajstić information content (AvgIpc) is 3.09. The van der Waals surface area contributed by atoms with E-state index in [4.69, 9.17) is 0 Å². The number of carbonyl (C=O) groups is 2. The van der Waals surface area contributed by atoms with E-state index >= 15 is 0 Å². The number of fused-ring (bicyclic) bond motifs is 1. The van der Waals surface area contributed by atoms with Gasteiger partial charge in [-0.1, -0.05) is 18.2 Å². The monoisotopic (exact) mass is 388 g/mol. The van der Waals surface area contributed by atoms with E-state index in [9.17, 15) is 9.59 Å². The van der Waals surface area contributed by atoms with Crippen LogP contribution in [0.5, 0.6) is 0 Å². The summed E-state index contributed by atoms with van der Waals surface area (Å²) < 4.78 is 4.68. The molecular weight excluding hydrogens is 368 g/mol. The van der Waals surface area contributed by atoms with Crippen molar-refractivity contribution in [2.75, 3.05) is 17.3 Å². The molecule has 4 rings (SSSR count). The Hall–Kier alpha value is -3.74. The van der Waals surface area contributed by atoms with Gasteiger partial charge in [-0.15, -0.1) is 0 Å². The first-order valence-electron chi connectivity index (χ1n) is 9.25. The molecule has 0 aliphatic carbocycles. The fourth-order valence-electron chi connectivity index (χ4n) is 3.46. The van der Waals surface area contributed by atoms with Gasteiger partial charge >= 0.3 is 5.97 Å². The fraction of sp³-hybridized carbons (Fsp3) is 0.182. The summed E-state index contributed by atoms with van der Waals surface area (Å²) in [6, 6.07) is 14.8. The van der Waals surface area contributed by atoms with Crippen LogP contribution in [0.15, 0.2) is 60.9 Å². The summed E-state index contributed by atoms with van der Waals surface area (Å²) in [7, 11) is 1.34. The van der Waals surface area contributed by atoms with Gasteiger partial charge in [-0.3, -0.25) is 4.79 Å². The molecule has 146 valence electrons.